The Kier molecular flexibility index (Phi) is 8.52. The van der Waals surface area contributed by atoms with Gasteiger partial charge in [0, 0.05) is 43.0 Å². The van der Waals surface area contributed by atoms with E-state index >= 15 is 0 Å². The molecule has 2 aromatic heterocycles. The van der Waals surface area contributed by atoms with Crippen molar-refractivity contribution in [3.63, 3.8) is 0 Å². The summed E-state index contributed by atoms with van der Waals surface area (Å²) in [5.41, 5.74) is 2.47. The number of aromatic nitrogens is 2. The summed E-state index contributed by atoms with van der Waals surface area (Å²) in [7, 11) is 0. The van der Waals surface area contributed by atoms with Crippen molar-refractivity contribution in [1.82, 2.24) is 20.2 Å². The van der Waals surface area contributed by atoms with Gasteiger partial charge < -0.3 is 10.2 Å². The Bertz CT molecular complexity index is 941. The number of nitrogens with one attached hydrogen (secondary N) is 1. The van der Waals surface area contributed by atoms with Gasteiger partial charge in [-0.25, -0.2) is 9.37 Å². The molecule has 1 unspecified atom stereocenters. The number of thiazole rings is 1. The van der Waals surface area contributed by atoms with Crippen LogP contribution in [-0.2, 0) is 11.2 Å². The smallest absolute Gasteiger partial charge is 0.229 e. The van der Waals surface area contributed by atoms with Crippen LogP contribution in [0.3, 0.4) is 0 Å². The van der Waals surface area contributed by atoms with E-state index < -0.39 is 0 Å². The molecule has 9 heteroatoms. The van der Waals surface area contributed by atoms with Gasteiger partial charge in [-0.3, -0.25) is 9.78 Å². The van der Waals surface area contributed by atoms with Gasteiger partial charge in [0.15, 0.2) is 0 Å². The molecule has 3 heterocycles. The summed E-state index contributed by atoms with van der Waals surface area (Å²) in [6.45, 7) is 2.14. The molecule has 1 saturated heterocycles. The lowest BCUT2D eigenvalue weighted by Crippen LogP contribution is -2.49. The van der Waals surface area contributed by atoms with Gasteiger partial charge in [0.25, 0.3) is 0 Å². The van der Waals surface area contributed by atoms with E-state index in [1.165, 1.54) is 23.5 Å². The summed E-state index contributed by atoms with van der Waals surface area (Å²) in [4.78, 5) is 23.5. The molecule has 1 N–H and O–H groups in total. The maximum atomic E-state index is 13.4. The third kappa shape index (κ3) is 5.51. The second kappa shape index (κ2) is 10.6. The molecule has 1 amide bonds. The molecule has 4 rings (SSSR count). The number of rotatable bonds is 4. The zero-order valence-corrected chi connectivity index (χ0v) is 17.9. The van der Waals surface area contributed by atoms with Crippen LogP contribution >= 0.6 is 36.2 Å². The van der Waals surface area contributed by atoms with Gasteiger partial charge in [-0.15, -0.1) is 36.2 Å². The van der Waals surface area contributed by atoms with Gasteiger partial charge in [-0.2, -0.15) is 0 Å². The van der Waals surface area contributed by atoms with E-state index in [0.29, 0.717) is 18.8 Å². The highest BCUT2D eigenvalue weighted by Crippen LogP contribution is 2.26. The third-order valence-electron chi connectivity index (χ3n) is 4.59. The van der Waals surface area contributed by atoms with Crippen LogP contribution in [0.5, 0.6) is 0 Å². The summed E-state index contributed by atoms with van der Waals surface area (Å²) in [6.07, 6.45) is 3.78. The first-order valence-corrected chi connectivity index (χ1v) is 9.69. The first-order valence-electron chi connectivity index (χ1n) is 8.81. The van der Waals surface area contributed by atoms with Crippen molar-refractivity contribution in [1.29, 1.82) is 0 Å². The molecule has 154 valence electrons. The summed E-state index contributed by atoms with van der Waals surface area (Å²) in [5.74, 6) is -0.248. The van der Waals surface area contributed by atoms with Crippen LogP contribution in [0, 0.1) is 5.82 Å². The Balaban J connectivity index is 0.00000150. The number of hydrogen-bond acceptors (Lipinski definition) is 5. The van der Waals surface area contributed by atoms with Crippen LogP contribution < -0.4 is 5.32 Å². The molecule has 1 aliphatic rings. The van der Waals surface area contributed by atoms with E-state index in [-0.39, 0.29) is 49.0 Å². The fourth-order valence-electron chi connectivity index (χ4n) is 3.27. The van der Waals surface area contributed by atoms with Crippen LogP contribution in [0.15, 0.2) is 54.2 Å². The van der Waals surface area contributed by atoms with E-state index in [1.54, 1.807) is 12.3 Å². The maximum Gasteiger partial charge on any atom is 0.229 e. The molecule has 1 aromatic carbocycles. The van der Waals surface area contributed by atoms with Gasteiger partial charge in [-0.1, -0.05) is 18.2 Å². The number of hydrogen-bond donors (Lipinski definition) is 1. The van der Waals surface area contributed by atoms with Crippen LogP contribution in [0.4, 0.5) is 4.39 Å². The first-order chi connectivity index (χ1) is 13.2. The summed E-state index contributed by atoms with van der Waals surface area (Å²) in [6, 6.07) is 10.2. The Morgan fingerprint density at radius 1 is 1.28 bits per heavy atom. The summed E-state index contributed by atoms with van der Waals surface area (Å²) < 4.78 is 13.4. The summed E-state index contributed by atoms with van der Waals surface area (Å²) >= 11 is 1.43. The Morgan fingerprint density at radius 2 is 2.14 bits per heavy atom. The number of carbonyl (C=O) groups excluding carboxylic acids is 1. The van der Waals surface area contributed by atoms with Crippen molar-refractivity contribution in [2.75, 3.05) is 19.6 Å². The molecule has 1 fully saturated rings. The van der Waals surface area contributed by atoms with E-state index in [4.69, 9.17) is 0 Å². The van der Waals surface area contributed by atoms with Crippen LogP contribution in [0.2, 0.25) is 0 Å². The number of amides is 1. The van der Waals surface area contributed by atoms with Crippen LogP contribution in [0.1, 0.15) is 17.3 Å². The Hall–Kier alpha value is -2.06. The van der Waals surface area contributed by atoms with Gasteiger partial charge >= 0.3 is 0 Å². The standard InChI is InChI=1S/C20H19FN4OS.2ClH/c21-16-5-1-3-14(9-16)20-24-17(13-27-20)10-19(26)25-8-7-23-12-18(25)15-4-2-6-22-11-15;;/h1-6,9,11,13,18,23H,7-8,10,12H2;2*1H. The van der Waals surface area contributed by atoms with E-state index in [9.17, 15) is 9.18 Å². The minimum atomic E-state index is -0.291. The monoisotopic (exact) mass is 454 g/mol. The zero-order valence-electron chi connectivity index (χ0n) is 15.5. The second-order valence-electron chi connectivity index (χ2n) is 6.42. The number of piperazine rings is 1. The van der Waals surface area contributed by atoms with Gasteiger partial charge in [0.2, 0.25) is 5.91 Å². The number of nitrogens with zero attached hydrogens (tertiary/aromatic N) is 3. The minimum Gasteiger partial charge on any atom is -0.333 e. The van der Waals surface area contributed by atoms with Crippen molar-refractivity contribution < 1.29 is 9.18 Å². The van der Waals surface area contributed by atoms with Gasteiger partial charge in [0.1, 0.15) is 10.8 Å². The molecule has 1 atom stereocenters. The maximum absolute atomic E-state index is 13.4. The average molecular weight is 455 g/mol. The normalized spacial score (nSPS) is 15.9. The van der Waals surface area contributed by atoms with Crippen molar-refractivity contribution in [3.8, 4) is 10.6 Å². The highest BCUT2D eigenvalue weighted by atomic mass is 35.5. The quantitative estimate of drug-likeness (QED) is 0.649. The molecule has 0 aliphatic carbocycles. The molecular weight excluding hydrogens is 434 g/mol. The second-order valence-corrected chi connectivity index (χ2v) is 7.28. The fraction of sp³-hybridized carbons (Fsp3) is 0.250. The number of pyridine rings is 1. The predicted molar refractivity (Wildman–Crippen MR) is 117 cm³/mol. The third-order valence-corrected chi connectivity index (χ3v) is 5.53. The van der Waals surface area contributed by atoms with Crippen LogP contribution in [-0.4, -0.2) is 40.4 Å². The Morgan fingerprint density at radius 3 is 2.90 bits per heavy atom. The van der Waals surface area contributed by atoms with E-state index in [0.717, 1.165) is 22.7 Å². The summed E-state index contributed by atoms with van der Waals surface area (Å²) in [5, 5.41) is 5.94. The number of benzene rings is 1. The minimum absolute atomic E-state index is 0. The first kappa shape index (κ1) is 23.2. The molecule has 0 radical (unpaired) electrons. The van der Waals surface area contributed by atoms with Gasteiger partial charge in [0.05, 0.1) is 18.2 Å². The zero-order chi connectivity index (χ0) is 18.6. The highest BCUT2D eigenvalue weighted by Gasteiger charge is 2.28. The van der Waals surface area contributed by atoms with E-state index in [2.05, 4.69) is 15.3 Å². The largest absolute Gasteiger partial charge is 0.333 e. The van der Waals surface area contributed by atoms with Crippen molar-refractivity contribution in [2.24, 2.45) is 0 Å². The molecular formula is C20H21Cl2FN4OS. The van der Waals surface area contributed by atoms with Crippen molar-refractivity contribution in [2.45, 2.75) is 12.5 Å². The number of carbonyl (C=O) groups is 1. The number of halogens is 3. The molecule has 0 spiro atoms. The van der Waals surface area contributed by atoms with Crippen LogP contribution in [0.25, 0.3) is 10.6 Å². The fourth-order valence-corrected chi connectivity index (χ4v) is 4.09. The molecule has 1 aliphatic heterocycles. The van der Waals surface area contributed by atoms with E-state index in [1.807, 2.05) is 34.7 Å². The average Bonchev–Trinajstić information content (AvgIpc) is 3.17. The lowest BCUT2D eigenvalue weighted by molar-refractivity contribution is -0.133. The van der Waals surface area contributed by atoms with Crippen molar-refractivity contribution in [3.05, 3.63) is 71.2 Å². The van der Waals surface area contributed by atoms with Crippen molar-refractivity contribution >= 4 is 42.1 Å². The SMILES string of the molecule is Cl.Cl.O=C(Cc1csc(-c2cccc(F)c2)n1)N1CCNCC1c1cccnc1. The topological polar surface area (TPSA) is 58.1 Å². The molecule has 3 aromatic rings. The lowest BCUT2D eigenvalue weighted by Gasteiger charge is -2.36. The molecule has 5 nitrogen and oxygen atoms in total. The highest BCUT2D eigenvalue weighted by molar-refractivity contribution is 7.13. The lowest BCUT2D eigenvalue weighted by atomic mass is 10.0. The molecule has 0 saturated carbocycles. The molecule has 0 bridgehead atoms. The van der Waals surface area contributed by atoms with Gasteiger partial charge in [-0.05, 0) is 23.8 Å². The predicted octanol–water partition coefficient (Wildman–Crippen LogP) is 3.90. The molecule has 29 heavy (non-hydrogen) atoms. The Labute approximate surface area is 185 Å².